The van der Waals surface area contributed by atoms with Crippen LogP contribution in [-0.4, -0.2) is 17.6 Å². The number of fused-ring (bicyclic) bond motifs is 1. The summed E-state index contributed by atoms with van der Waals surface area (Å²) in [6, 6.07) is 9.29. The molecule has 1 unspecified atom stereocenters. The summed E-state index contributed by atoms with van der Waals surface area (Å²) >= 11 is 0. The number of hydrogen-bond donors (Lipinski definition) is 2. The molecule has 2 aliphatic rings. The molecule has 2 aliphatic carbocycles. The highest BCUT2D eigenvalue weighted by Gasteiger charge is 2.40. The van der Waals surface area contributed by atoms with Crippen LogP contribution >= 0.6 is 0 Å². The summed E-state index contributed by atoms with van der Waals surface area (Å²) < 4.78 is 5.95. The first kappa shape index (κ1) is 22.1. The van der Waals surface area contributed by atoms with Crippen molar-refractivity contribution in [2.75, 3.05) is 0 Å². The van der Waals surface area contributed by atoms with Crippen molar-refractivity contribution in [3.05, 3.63) is 59.7 Å². The maximum atomic E-state index is 12.6. The molecule has 1 aromatic carbocycles. The summed E-state index contributed by atoms with van der Waals surface area (Å²) in [5.41, 5.74) is 6.71. The predicted octanol–water partition coefficient (Wildman–Crippen LogP) is 5.05. The highest BCUT2D eigenvalue weighted by Crippen LogP contribution is 2.43. The van der Waals surface area contributed by atoms with Gasteiger partial charge in [0, 0.05) is 5.92 Å². The van der Waals surface area contributed by atoms with Gasteiger partial charge in [0.25, 0.3) is 0 Å². The van der Waals surface area contributed by atoms with E-state index in [1.165, 1.54) is 5.57 Å². The largest absolute Gasteiger partial charge is 0.455 e. The summed E-state index contributed by atoms with van der Waals surface area (Å²) in [5, 5.41) is 2.93. The number of carbonyl (C=O) groups is 2. The smallest absolute Gasteiger partial charge is 0.312 e. The van der Waals surface area contributed by atoms with E-state index in [0.29, 0.717) is 5.92 Å². The van der Waals surface area contributed by atoms with E-state index < -0.39 is 17.0 Å². The van der Waals surface area contributed by atoms with E-state index in [2.05, 4.69) is 17.5 Å². The zero-order chi connectivity index (χ0) is 21.9. The highest BCUT2D eigenvalue weighted by molar-refractivity contribution is 5.76. The number of amides is 2. The van der Waals surface area contributed by atoms with Crippen molar-refractivity contribution < 1.29 is 14.3 Å². The molecule has 0 fully saturated rings. The van der Waals surface area contributed by atoms with Gasteiger partial charge in [-0.25, -0.2) is 4.79 Å². The third-order valence-electron chi connectivity index (χ3n) is 6.65. The first-order chi connectivity index (χ1) is 14.1. The third kappa shape index (κ3) is 4.94. The van der Waals surface area contributed by atoms with Crippen LogP contribution in [0.4, 0.5) is 4.79 Å². The SMILES string of the molecule is CCC(C)(C)C(=O)O[C@]1(C)C=CC2=C[C@H](C(NC(N)=O)c3ccccc3)CC[C@H]2C1. The Balaban J connectivity index is 1.80. The van der Waals surface area contributed by atoms with Crippen LogP contribution in [0.1, 0.15) is 65.0 Å². The summed E-state index contributed by atoms with van der Waals surface area (Å²) in [5.74, 6) is 0.369. The summed E-state index contributed by atoms with van der Waals surface area (Å²) in [4.78, 5) is 24.2. The monoisotopic (exact) mass is 410 g/mol. The lowest BCUT2D eigenvalue weighted by Gasteiger charge is -2.40. The molecule has 0 saturated heterocycles. The van der Waals surface area contributed by atoms with E-state index in [1.807, 2.05) is 64.1 Å². The molecule has 1 aromatic rings. The maximum Gasteiger partial charge on any atom is 0.312 e. The van der Waals surface area contributed by atoms with E-state index >= 15 is 0 Å². The molecule has 0 aromatic heterocycles. The van der Waals surface area contributed by atoms with Gasteiger partial charge in [0.05, 0.1) is 11.5 Å². The van der Waals surface area contributed by atoms with Gasteiger partial charge in [-0.1, -0.05) is 49.4 Å². The first-order valence-electron chi connectivity index (χ1n) is 10.9. The van der Waals surface area contributed by atoms with E-state index in [1.54, 1.807) is 0 Å². The molecule has 0 bridgehead atoms. The summed E-state index contributed by atoms with van der Waals surface area (Å²) in [6.07, 6.45) is 9.82. The lowest BCUT2D eigenvalue weighted by molar-refractivity contribution is -0.166. The van der Waals surface area contributed by atoms with Gasteiger partial charge < -0.3 is 15.8 Å². The number of ether oxygens (including phenoxy) is 1. The Morgan fingerprint density at radius 3 is 2.60 bits per heavy atom. The minimum absolute atomic E-state index is 0.145. The third-order valence-corrected chi connectivity index (χ3v) is 6.65. The van der Waals surface area contributed by atoms with Crippen LogP contribution in [0, 0.1) is 17.3 Å². The second kappa shape index (κ2) is 8.66. The number of primary amides is 1. The molecule has 4 atom stereocenters. The maximum absolute atomic E-state index is 12.6. The van der Waals surface area contributed by atoms with Gasteiger partial charge in [0.2, 0.25) is 0 Å². The van der Waals surface area contributed by atoms with Crippen LogP contribution in [0.15, 0.2) is 54.1 Å². The second-order valence-electron chi connectivity index (χ2n) is 9.48. The van der Waals surface area contributed by atoms with Gasteiger partial charge in [-0.2, -0.15) is 0 Å². The number of rotatable bonds is 6. The Kier molecular flexibility index (Phi) is 6.39. The quantitative estimate of drug-likeness (QED) is 0.644. The Labute approximate surface area is 179 Å². The zero-order valence-electron chi connectivity index (χ0n) is 18.5. The van der Waals surface area contributed by atoms with Gasteiger partial charge in [-0.3, -0.25) is 4.79 Å². The first-order valence-corrected chi connectivity index (χ1v) is 10.9. The fourth-order valence-corrected chi connectivity index (χ4v) is 4.35. The molecule has 162 valence electrons. The summed E-state index contributed by atoms with van der Waals surface area (Å²) in [6.45, 7) is 7.86. The molecule has 0 aliphatic heterocycles. The Hall–Kier alpha value is -2.56. The standard InChI is InChI=1S/C25H34N2O3/c1-5-24(2,3)22(28)30-25(4)14-13-18-15-19(11-12-20(18)16-25)21(27-23(26)29)17-9-7-6-8-10-17/h6-10,13-15,19-21H,5,11-12,16H2,1-4H3,(H3,26,27,29)/t19-,20+,21?,25-/m1/s1. The molecular formula is C25H34N2O3. The number of benzene rings is 1. The van der Waals surface area contributed by atoms with Gasteiger partial charge in [0.1, 0.15) is 5.60 Å². The van der Waals surface area contributed by atoms with E-state index in [-0.39, 0.29) is 17.9 Å². The van der Waals surface area contributed by atoms with Crippen molar-refractivity contribution >= 4 is 12.0 Å². The van der Waals surface area contributed by atoms with E-state index in [0.717, 1.165) is 31.2 Å². The number of allylic oxidation sites excluding steroid dienone is 2. The molecule has 0 spiro atoms. The highest BCUT2D eigenvalue weighted by atomic mass is 16.6. The van der Waals surface area contributed by atoms with Gasteiger partial charge in [-0.05, 0) is 69.6 Å². The number of hydrogen-bond acceptors (Lipinski definition) is 3. The molecule has 0 saturated carbocycles. The van der Waals surface area contributed by atoms with Gasteiger partial charge in [0.15, 0.2) is 0 Å². The van der Waals surface area contributed by atoms with Crippen LogP contribution in [0.3, 0.4) is 0 Å². The Morgan fingerprint density at radius 2 is 1.97 bits per heavy atom. The molecule has 3 N–H and O–H groups in total. The number of esters is 1. The minimum atomic E-state index is -0.581. The lowest BCUT2D eigenvalue weighted by Crippen LogP contribution is -2.41. The number of urea groups is 1. The average Bonchev–Trinajstić information content (AvgIpc) is 2.72. The number of nitrogens with two attached hydrogens (primary N) is 1. The Morgan fingerprint density at radius 1 is 1.27 bits per heavy atom. The predicted molar refractivity (Wildman–Crippen MR) is 119 cm³/mol. The van der Waals surface area contributed by atoms with Crippen LogP contribution in [0.5, 0.6) is 0 Å². The molecule has 0 heterocycles. The van der Waals surface area contributed by atoms with Crippen molar-refractivity contribution in [2.24, 2.45) is 23.0 Å². The van der Waals surface area contributed by atoms with Crippen LogP contribution < -0.4 is 11.1 Å². The Bertz CT molecular complexity index is 843. The average molecular weight is 411 g/mol. The van der Waals surface area contributed by atoms with Gasteiger partial charge >= 0.3 is 12.0 Å². The van der Waals surface area contributed by atoms with Crippen LogP contribution in [0.25, 0.3) is 0 Å². The summed E-state index contributed by atoms with van der Waals surface area (Å²) in [7, 11) is 0. The number of nitrogens with one attached hydrogen (secondary N) is 1. The zero-order valence-corrected chi connectivity index (χ0v) is 18.5. The van der Waals surface area contributed by atoms with Crippen molar-refractivity contribution in [3.63, 3.8) is 0 Å². The van der Waals surface area contributed by atoms with E-state index in [9.17, 15) is 9.59 Å². The molecule has 5 heteroatoms. The topological polar surface area (TPSA) is 81.4 Å². The second-order valence-corrected chi connectivity index (χ2v) is 9.48. The van der Waals surface area contributed by atoms with Crippen molar-refractivity contribution in [2.45, 2.75) is 65.0 Å². The molecule has 0 radical (unpaired) electrons. The van der Waals surface area contributed by atoms with Crippen LogP contribution in [0.2, 0.25) is 0 Å². The molecular weight excluding hydrogens is 376 g/mol. The van der Waals surface area contributed by atoms with E-state index in [4.69, 9.17) is 10.5 Å². The molecule has 3 rings (SSSR count). The number of carbonyl (C=O) groups excluding carboxylic acids is 2. The fourth-order valence-electron chi connectivity index (χ4n) is 4.35. The molecule has 5 nitrogen and oxygen atoms in total. The van der Waals surface area contributed by atoms with Crippen LogP contribution in [-0.2, 0) is 9.53 Å². The van der Waals surface area contributed by atoms with Crippen molar-refractivity contribution in [1.29, 1.82) is 0 Å². The molecule has 2 amide bonds. The van der Waals surface area contributed by atoms with Gasteiger partial charge in [-0.15, -0.1) is 0 Å². The normalized spacial score (nSPS) is 26.9. The van der Waals surface area contributed by atoms with Crippen molar-refractivity contribution in [1.82, 2.24) is 5.32 Å². The molecule has 30 heavy (non-hydrogen) atoms. The fraction of sp³-hybridized carbons (Fsp3) is 0.520. The van der Waals surface area contributed by atoms with Crippen molar-refractivity contribution in [3.8, 4) is 0 Å². The minimum Gasteiger partial charge on any atom is -0.455 e. The lowest BCUT2D eigenvalue weighted by atomic mass is 9.71.